The van der Waals surface area contributed by atoms with Crippen molar-refractivity contribution >= 4 is 19.5 Å². The van der Waals surface area contributed by atoms with Gasteiger partial charge in [0, 0.05) is 0 Å². The number of esters is 2. The van der Waals surface area contributed by atoms with Crippen LogP contribution in [0.15, 0.2) is 0 Å². The molecule has 2 saturated heterocycles. The van der Waals surface area contributed by atoms with Gasteiger partial charge < -0.3 is 14.2 Å². The minimum absolute atomic E-state index is 0.249. The van der Waals surface area contributed by atoms with Crippen molar-refractivity contribution in [2.24, 2.45) is 11.8 Å². The van der Waals surface area contributed by atoms with Crippen LogP contribution in [0.5, 0.6) is 0 Å². The summed E-state index contributed by atoms with van der Waals surface area (Å²) in [4.78, 5) is 43.1. The molecule has 2 heterocycles. The molecular formula is C16H27O12P. The van der Waals surface area contributed by atoms with E-state index in [0.29, 0.717) is 12.8 Å². The summed E-state index contributed by atoms with van der Waals surface area (Å²) in [5, 5.41) is 0. The van der Waals surface area contributed by atoms with Crippen molar-refractivity contribution in [3.63, 3.8) is 0 Å². The van der Waals surface area contributed by atoms with E-state index >= 15 is 0 Å². The van der Waals surface area contributed by atoms with Gasteiger partial charge in [0.1, 0.15) is 0 Å². The lowest BCUT2D eigenvalue weighted by Gasteiger charge is -2.25. The molecule has 0 amide bonds. The first kappa shape index (κ1) is 24.2. The molecule has 5 unspecified atom stereocenters. The summed E-state index contributed by atoms with van der Waals surface area (Å²) in [5.74, 6) is -2.94. The lowest BCUT2D eigenvalue weighted by Crippen LogP contribution is -2.39. The SMILES string of the molecule is COOCOP(=O)(COC(=O)C1C2CCC(O2)C1C(=O)OC)OCOOC(C)C. The zero-order valence-electron chi connectivity index (χ0n) is 16.8. The van der Waals surface area contributed by atoms with Gasteiger partial charge in [-0.25, -0.2) is 19.6 Å². The van der Waals surface area contributed by atoms with E-state index in [1.165, 1.54) is 14.2 Å². The molecule has 168 valence electrons. The highest BCUT2D eigenvalue weighted by Crippen LogP contribution is 2.49. The van der Waals surface area contributed by atoms with Crippen molar-refractivity contribution in [3.8, 4) is 0 Å². The summed E-state index contributed by atoms with van der Waals surface area (Å²) in [7, 11) is -1.51. The van der Waals surface area contributed by atoms with Crippen LogP contribution in [0.1, 0.15) is 26.7 Å². The molecule has 0 aliphatic carbocycles. The molecule has 0 saturated carbocycles. The highest BCUT2D eigenvalue weighted by molar-refractivity contribution is 7.53. The van der Waals surface area contributed by atoms with Crippen molar-refractivity contribution < 1.29 is 57.0 Å². The van der Waals surface area contributed by atoms with E-state index in [0.717, 1.165) is 0 Å². The fraction of sp³-hybridized carbons (Fsp3) is 0.875. The average Bonchev–Trinajstić information content (AvgIpc) is 3.31. The second-order valence-corrected chi connectivity index (χ2v) is 8.61. The molecular weight excluding hydrogens is 415 g/mol. The third-order valence-corrected chi connectivity index (χ3v) is 5.80. The summed E-state index contributed by atoms with van der Waals surface area (Å²) >= 11 is 0. The van der Waals surface area contributed by atoms with Gasteiger partial charge >= 0.3 is 19.5 Å². The summed E-state index contributed by atoms with van der Waals surface area (Å²) in [6, 6.07) is 0. The first-order valence-electron chi connectivity index (χ1n) is 9.03. The molecule has 5 atom stereocenters. The number of carbonyl (C=O) groups excluding carboxylic acids is 2. The number of ether oxygens (including phenoxy) is 3. The van der Waals surface area contributed by atoms with E-state index in [-0.39, 0.29) is 6.10 Å². The Balaban J connectivity index is 1.94. The van der Waals surface area contributed by atoms with Gasteiger partial charge in [0.2, 0.25) is 0 Å². The van der Waals surface area contributed by atoms with E-state index in [4.69, 9.17) is 33.0 Å². The van der Waals surface area contributed by atoms with Crippen LogP contribution in [0.25, 0.3) is 0 Å². The molecule has 2 aliphatic heterocycles. The van der Waals surface area contributed by atoms with Crippen LogP contribution in [0.2, 0.25) is 0 Å². The highest BCUT2D eigenvalue weighted by Gasteiger charge is 2.57. The van der Waals surface area contributed by atoms with Crippen molar-refractivity contribution in [2.45, 2.75) is 45.0 Å². The minimum atomic E-state index is -3.98. The molecule has 0 aromatic rings. The first-order valence-corrected chi connectivity index (χ1v) is 10.8. The maximum Gasteiger partial charge on any atom is 0.372 e. The smallest absolute Gasteiger partial charge is 0.372 e. The highest BCUT2D eigenvalue weighted by atomic mass is 31.2. The summed E-state index contributed by atoms with van der Waals surface area (Å²) in [6.07, 6.45) is -0.573. The Kier molecular flexibility index (Phi) is 9.44. The third kappa shape index (κ3) is 6.69. The molecule has 2 bridgehead atoms. The van der Waals surface area contributed by atoms with Crippen LogP contribution < -0.4 is 0 Å². The van der Waals surface area contributed by atoms with Crippen LogP contribution in [-0.2, 0) is 57.0 Å². The normalized spacial score (nSPS) is 27.8. The molecule has 2 aliphatic rings. The van der Waals surface area contributed by atoms with Gasteiger partial charge in [-0.1, -0.05) is 0 Å². The molecule has 12 nitrogen and oxygen atoms in total. The summed E-state index contributed by atoms with van der Waals surface area (Å²) < 4.78 is 38.4. The first-order chi connectivity index (χ1) is 13.8. The van der Waals surface area contributed by atoms with Gasteiger partial charge in [0.05, 0.1) is 44.4 Å². The molecule has 0 N–H and O–H groups in total. The summed E-state index contributed by atoms with van der Waals surface area (Å²) in [6.45, 7) is 2.36. The Morgan fingerprint density at radius 3 is 2.14 bits per heavy atom. The van der Waals surface area contributed by atoms with E-state index in [2.05, 4.69) is 9.78 Å². The lowest BCUT2D eigenvalue weighted by molar-refractivity contribution is -0.345. The Labute approximate surface area is 168 Å². The standard InChI is InChI=1S/C16H27O12P/c1-10(2)28-24-8-26-29(19,25-7-23-21-4)9-22-16(18)14-12-6-5-11(27-12)13(14)15(17)20-3/h10-14H,5-9H2,1-4H3. The van der Waals surface area contributed by atoms with Crippen LogP contribution >= 0.6 is 7.60 Å². The third-order valence-electron chi connectivity index (χ3n) is 4.36. The van der Waals surface area contributed by atoms with Gasteiger partial charge in [-0.05, 0) is 26.7 Å². The van der Waals surface area contributed by atoms with E-state index < -0.39 is 63.5 Å². The van der Waals surface area contributed by atoms with Crippen molar-refractivity contribution in [1.82, 2.24) is 0 Å². The van der Waals surface area contributed by atoms with E-state index in [1.807, 2.05) is 0 Å². The second-order valence-electron chi connectivity index (χ2n) is 6.61. The number of methoxy groups -OCH3 is 1. The van der Waals surface area contributed by atoms with Crippen molar-refractivity contribution in [2.75, 3.05) is 34.2 Å². The Hall–Kier alpha value is -1.11. The Morgan fingerprint density at radius 2 is 1.59 bits per heavy atom. The van der Waals surface area contributed by atoms with Gasteiger partial charge in [0.25, 0.3) is 0 Å². The zero-order valence-corrected chi connectivity index (χ0v) is 17.7. The number of carbonyl (C=O) groups is 2. The molecule has 0 aromatic carbocycles. The molecule has 2 rings (SSSR count). The molecule has 2 fully saturated rings. The Morgan fingerprint density at radius 1 is 1.00 bits per heavy atom. The number of rotatable bonds is 13. The Bertz CT molecular complexity index is 596. The summed E-state index contributed by atoms with van der Waals surface area (Å²) in [5.41, 5.74) is 0. The van der Waals surface area contributed by atoms with Crippen molar-refractivity contribution in [1.29, 1.82) is 0 Å². The van der Waals surface area contributed by atoms with Crippen LogP contribution in [0.4, 0.5) is 0 Å². The van der Waals surface area contributed by atoms with Gasteiger partial charge in [0.15, 0.2) is 19.9 Å². The van der Waals surface area contributed by atoms with E-state index in [9.17, 15) is 14.2 Å². The zero-order chi connectivity index (χ0) is 21.4. The predicted molar refractivity (Wildman–Crippen MR) is 92.8 cm³/mol. The number of hydrogen-bond donors (Lipinski definition) is 0. The van der Waals surface area contributed by atoms with E-state index in [1.54, 1.807) is 13.8 Å². The fourth-order valence-electron chi connectivity index (χ4n) is 3.18. The topological polar surface area (TPSA) is 134 Å². The van der Waals surface area contributed by atoms with Crippen LogP contribution in [0.3, 0.4) is 0 Å². The lowest BCUT2D eigenvalue weighted by atomic mass is 9.79. The van der Waals surface area contributed by atoms with Gasteiger partial charge in [-0.3, -0.25) is 23.2 Å². The predicted octanol–water partition coefficient (Wildman–Crippen LogP) is 1.53. The fourth-order valence-corrected chi connectivity index (χ4v) is 4.10. The molecule has 13 heteroatoms. The molecule has 0 radical (unpaired) electrons. The maximum absolute atomic E-state index is 12.8. The molecule has 29 heavy (non-hydrogen) atoms. The van der Waals surface area contributed by atoms with Crippen LogP contribution in [0, 0.1) is 11.8 Å². The quantitative estimate of drug-likeness (QED) is 0.102. The van der Waals surface area contributed by atoms with Gasteiger partial charge in [-0.15, -0.1) is 0 Å². The number of fused-ring (bicyclic) bond motifs is 2. The number of hydrogen-bond acceptors (Lipinski definition) is 12. The minimum Gasteiger partial charge on any atom is -0.469 e. The van der Waals surface area contributed by atoms with Crippen LogP contribution in [-0.4, -0.2) is 64.4 Å². The monoisotopic (exact) mass is 442 g/mol. The maximum atomic E-state index is 12.8. The average molecular weight is 442 g/mol. The largest absolute Gasteiger partial charge is 0.469 e. The molecule has 0 aromatic heterocycles. The second kappa shape index (κ2) is 11.3. The van der Waals surface area contributed by atoms with Crippen molar-refractivity contribution in [3.05, 3.63) is 0 Å². The van der Waals surface area contributed by atoms with Gasteiger partial charge in [-0.2, -0.15) is 0 Å². The molecule has 0 spiro atoms.